The maximum atomic E-state index is 11.1. The summed E-state index contributed by atoms with van der Waals surface area (Å²) in [5.41, 5.74) is 2.65. The van der Waals surface area contributed by atoms with Gasteiger partial charge in [0, 0.05) is 48.0 Å². The lowest BCUT2D eigenvalue weighted by molar-refractivity contribution is -0.384. The Morgan fingerprint density at radius 2 is 1.24 bits per heavy atom. The molecule has 0 fully saturated rings. The molecule has 0 spiro atoms. The second-order valence-electron chi connectivity index (χ2n) is 4.32. The van der Waals surface area contributed by atoms with E-state index in [0.29, 0.717) is 11.4 Å². The minimum absolute atomic E-state index is 0.00336. The molecule has 0 amide bonds. The fourth-order valence-electron chi connectivity index (χ4n) is 1.96. The average Bonchev–Trinajstić information content (AvgIpc) is 2.56. The van der Waals surface area contributed by atoms with E-state index in [1.54, 1.807) is 49.1 Å². The van der Waals surface area contributed by atoms with Gasteiger partial charge in [-0.15, -0.1) is 0 Å². The molecule has 0 atom stereocenters. The van der Waals surface area contributed by atoms with Crippen molar-refractivity contribution in [3.05, 3.63) is 71.3 Å². The molecule has 3 aromatic heterocycles. The third-order valence-corrected chi connectivity index (χ3v) is 2.97. The molecule has 6 nitrogen and oxygen atoms in total. The molecule has 3 rings (SSSR count). The van der Waals surface area contributed by atoms with Gasteiger partial charge in [0.05, 0.1) is 16.3 Å². The molecule has 3 heterocycles. The van der Waals surface area contributed by atoms with Crippen LogP contribution in [0.15, 0.2) is 61.2 Å². The summed E-state index contributed by atoms with van der Waals surface area (Å²) in [6.45, 7) is 0. The molecule has 0 saturated heterocycles. The predicted molar refractivity (Wildman–Crippen MR) is 77.4 cm³/mol. The summed E-state index contributed by atoms with van der Waals surface area (Å²) in [4.78, 5) is 23.1. The van der Waals surface area contributed by atoms with Gasteiger partial charge in [-0.05, 0) is 24.3 Å². The monoisotopic (exact) mass is 278 g/mol. The van der Waals surface area contributed by atoms with Crippen LogP contribution < -0.4 is 0 Å². The van der Waals surface area contributed by atoms with Gasteiger partial charge in [0.1, 0.15) is 0 Å². The van der Waals surface area contributed by atoms with Crippen LogP contribution in [0.5, 0.6) is 0 Å². The molecule has 0 aliphatic carbocycles. The molecule has 0 saturated carbocycles. The van der Waals surface area contributed by atoms with Crippen LogP contribution in [0, 0.1) is 10.1 Å². The van der Waals surface area contributed by atoms with Gasteiger partial charge in [-0.25, -0.2) is 4.98 Å². The molecule has 0 aliphatic heterocycles. The first-order valence-corrected chi connectivity index (χ1v) is 6.21. The Balaban J connectivity index is 2.18. The van der Waals surface area contributed by atoms with Crippen molar-refractivity contribution in [1.29, 1.82) is 0 Å². The number of aromatic nitrogens is 3. The molecule has 0 N–H and O–H groups in total. The Hall–Kier alpha value is -3.15. The molecule has 21 heavy (non-hydrogen) atoms. The first-order chi connectivity index (χ1) is 10.2. The summed E-state index contributed by atoms with van der Waals surface area (Å²) in [6.07, 6.45) is 6.51. The molecule has 0 aliphatic rings. The number of nitro groups is 1. The van der Waals surface area contributed by atoms with Crippen LogP contribution in [-0.4, -0.2) is 19.9 Å². The van der Waals surface area contributed by atoms with Gasteiger partial charge in [-0.1, -0.05) is 0 Å². The molecular formula is C15H10N4O2. The Kier molecular flexibility index (Phi) is 3.34. The summed E-state index contributed by atoms with van der Waals surface area (Å²) in [5, 5.41) is 11.1. The van der Waals surface area contributed by atoms with Crippen LogP contribution in [0.3, 0.4) is 0 Å². The summed E-state index contributed by atoms with van der Waals surface area (Å²) >= 11 is 0. The Morgan fingerprint density at radius 1 is 0.810 bits per heavy atom. The van der Waals surface area contributed by atoms with Crippen molar-refractivity contribution >= 4 is 5.69 Å². The minimum atomic E-state index is -0.420. The zero-order valence-electron chi connectivity index (χ0n) is 10.9. The molecule has 102 valence electrons. The van der Waals surface area contributed by atoms with Crippen LogP contribution in [-0.2, 0) is 0 Å². The highest BCUT2D eigenvalue weighted by atomic mass is 16.6. The lowest BCUT2D eigenvalue weighted by Crippen LogP contribution is -1.94. The zero-order chi connectivity index (χ0) is 14.7. The standard InChI is InChI=1S/C15H10N4O2/c20-19(21)13-9-14(11-1-5-16-6-2-11)18-15(10-13)12-3-7-17-8-4-12/h1-10H. The first-order valence-electron chi connectivity index (χ1n) is 6.21. The lowest BCUT2D eigenvalue weighted by atomic mass is 10.1. The Morgan fingerprint density at radius 3 is 1.62 bits per heavy atom. The summed E-state index contributed by atoms with van der Waals surface area (Å²) in [6, 6.07) is 9.98. The summed E-state index contributed by atoms with van der Waals surface area (Å²) in [5.74, 6) is 0. The highest BCUT2D eigenvalue weighted by molar-refractivity contribution is 5.69. The van der Waals surface area contributed by atoms with Crippen molar-refractivity contribution in [3.8, 4) is 22.5 Å². The van der Waals surface area contributed by atoms with Gasteiger partial charge >= 0.3 is 0 Å². The second-order valence-corrected chi connectivity index (χ2v) is 4.32. The van der Waals surface area contributed by atoms with Gasteiger partial charge in [0.15, 0.2) is 0 Å². The van der Waals surface area contributed by atoms with E-state index in [-0.39, 0.29) is 5.69 Å². The van der Waals surface area contributed by atoms with E-state index in [0.717, 1.165) is 11.1 Å². The van der Waals surface area contributed by atoms with E-state index < -0.39 is 4.92 Å². The molecule has 3 aromatic rings. The number of hydrogen-bond donors (Lipinski definition) is 0. The first kappa shape index (κ1) is 12.9. The van der Waals surface area contributed by atoms with Gasteiger partial charge in [-0.2, -0.15) is 0 Å². The second kappa shape index (κ2) is 5.46. The van der Waals surface area contributed by atoms with Crippen LogP contribution in [0.1, 0.15) is 0 Å². The van der Waals surface area contributed by atoms with Crippen molar-refractivity contribution < 1.29 is 4.92 Å². The van der Waals surface area contributed by atoms with Crippen molar-refractivity contribution in [3.63, 3.8) is 0 Å². The summed E-state index contributed by atoms with van der Waals surface area (Å²) < 4.78 is 0. The molecule has 0 radical (unpaired) electrons. The highest BCUT2D eigenvalue weighted by Crippen LogP contribution is 2.27. The lowest BCUT2D eigenvalue weighted by Gasteiger charge is -2.05. The smallest absolute Gasteiger partial charge is 0.265 e. The number of nitrogens with zero attached hydrogens (tertiary/aromatic N) is 4. The fourth-order valence-corrected chi connectivity index (χ4v) is 1.96. The molecule has 0 aromatic carbocycles. The topological polar surface area (TPSA) is 81.8 Å². The number of hydrogen-bond acceptors (Lipinski definition) is 5. The Bertz CT molecular complexity index is 718. The maximum absolute atomic E-state index is 11.1. The van der Waals surface area contributed by atoms with Crippen LogP contribution in [0.2, 0.25) is 0 Å². The third kappa shape index (κ3) is 2.74. The van der Waals surface area contributed by atoms with E-state index in [1.807, 2.05) is 0 Å². The Labute approximate surface area is 120 Å². The third-order valence-electron chi connectivity index (χ3n) is 2.97. The quantitative estimate of drug-likeness (QED) is 0.543. The van der Waals surface area contributed by atoms with Gasteiger partial charge in [-0.3, -0.25) is 20.1 Å². The number of pyridine rings is 3. The fraction of sp³-hybridized carbons (Fsp3) is 0. The van der Waals surface area contributed by atoms with E-state index in [2.05, 4.69) is 15.0 Å². The van der Waals surface area contributed by atoms with Crippen molar-refractivity contribution in [2.24, 2.45) is 0 Å². The molecule has 0 bridgehead atoms. The number of rotatable bonds is 3. The van der Waals surface area contributed by atoms with Crippen LogP contribution in [0.4, 0.5) is 5.69 Å². The van der Waals surface area contributed by atoms with Crippen LogP contribution >= 0.6 is 0 Å². The van der Waals surface area contributed by atoms with Crippen LogP contribution in [0.25, 0.3) is 22.5 Å². The van der Waals surface area contributed by atoms with Crippen molar-refractivity contribution in [2.75, 3.05) is 0 Å². The molecule has 6 heteroatoms. The zero-order valence-corrected chi connectivity index (χ0v) is 10.9. The molecular weight excluding hydrogens is 268 g/mol. The SMILES string of the molecule is O=[N+]([O-])c1cc(-c2ccncc2)nc(-c2ccncc2)c1. The largest absolute Gasteiger partial charge is 0.273 e. The van der Waals surface area contributed by atoms with Crippen molar-refractivity contribution in [1.82, 2.24) is 15.0 Å². The van der Waals surface area contributed by atoms with Crippen molar-refractivity contribution in [2.45, 2.75) is 0 Å². The maximum Gasteiger partial charge on any atom is 0.273 e. The predicted octanol–water partition coefficient (Wildman–Crippen LogP) is 3.11. The van der Waals surface area contributed by atoms with Gasteiger partial charge in [0.25, 0.3) is 5.69 Å². The molecule has 0 unspecified atom stereocenters. The van der Waals surface area contributed by atoms with E-state index in [1.165, 1.54) is 12.1 Å². The van der Waals surface area contributed by atoms with E-state index >= 15 is 0 Å². The van der Waals surface area contributed by atoms with Gasteiger partial charge < -0.3 is 0 Å². The van der Waals surface area contributed by atoms with Gasteiger partial charge in [0.2, 0.25) is 0 Å². The minimum Gasteiger partial charge on any atom is -0.265 e. The normalized spacial score (nSPS) is 10.3. The average molecular weight is 278 g/mol. The highest BCUT2D eigenvalue weighted by Gasteiger charge is 2.13. The van der Waals surface area contributed by atoms with E-state index in [4.69, 9.17) is 0 Å². The van der Waals surface area contributed by atoms with E-state index in [9.17, 15) is 10.1 Å². The summed E-state index contributed by atoms with van der Waals surface area (Å²) in [7, 11) is 0.